The zero-order valence-electron chi connectivity index (χ0n) is 5.82. The van der Waals surface area contributed by atoms with Gasteiger partial charge in [0, 0.05) is 11.6 Å². The molecule has 1 aromatic rings. The number of aromatic nitrogens is 2. The second kappa shape index (κ2) is 2.22. The Kier molecular flexibility index (Phi) is 1.47. The highest BCUT2D eigenvalue weighted by molar-refractivity contribution is 14.1. The molecule has 2 rings (SSSR count). The predicted molar refractivity (Wildman–Crippen MR) is 48.0 cm³/mol. The van der Waals surface area contributed by atoms with Crippen LogP contribution in [-0.4, -0.2) is 9.97 Å². The minimum atomic E-state index is 0.752. The fourth-order valence-electron chi connectivity index (χ4n) is 1.01. The van der Waals surface area contributed by atoms with E-state index in [9.17, 15) is 0 Å². The van der Waals surface area contributed by atoms with Crippen LogP contribution in [0.15, 0.2) is 0 Å². The van der Waals surface area contributed by atoms with E-state index in [0.29, 0.717) is 0 Å². The molecule has 0 bridgehead atoms. The fourth-order valence-corrected chi connectivity index (χ4v) is 1.41. The third-order valence-corrected chi connectivity index (χ3v) is 2.86. The maximum atomic E-state index is 4.40. The highest BCUT2D eigenvalue weighted by Gasteiger charge is 2.26. The van der Waals surface area contributed by atoms with Crippen molar-refractivity contribution in [2.75, 3.05) is 0 Å². The van der Waals surface area contributed by atoms with Crippen molar-refractivity contribution in [1.29, 1.82) is 0 Å². The minimum absolute atomic E-state index is 0.752. The molecule has 0 saturated heterocycles. The Hall–Kier alpha value is -0.0600. The van der Waals surface area contributed by atoms with Crippen molar-refractivity contribution in [3.05, 3.63) is 15.2 Å². The zero-order chi connectivity index (χ0) is 7.14. The SMILES string of the molecule is Cc1[nH]c(C2CC2)nc1I. The minimum Gasteiger partial charge on any atom is -0.345 e. The molecule has 0 radical (unpaired) electrons. The summed E-state index contributed by atoms with van der Waals surface area (Å²) in [5.74, 6) is 1.95. The molecule has 0 atom stereocenters. The molecule has 54 valence electrons. The smallest absolute Gasteiger partial charge is 0.122 e. The van der Waals surface area contributed by atoms with Crippen molar-refractivity contribution in [3.63, 3.8) is 0 Å². The Morgan fingerprint density at radius 1 is 1.60 bits per heavy atom. The number of aryl methyl sites for hydroxylation is 1. The average molecular weight is 248 g/mol. The quantitative estimate of drug-likeness (QED) is 0.758. The van der Waals surface area contributed by atoms with Crippen LogP contribution in [0.25, 0.3) is 0 Å². The van der Waals surface area contributed by atoms with Crippen LogP contribution in [0.3, 0.4) is 0 Å². The number of rotatable bonds is 1. The first-order chi connectivity index (χ1) is 4.77. The lowest BCUT2D eigenvalue weighted by atomic mass is 10.4. The van der Waals surface area contributed by atoms with Gasteiger partial charge in [-0.2, -0.15) is 0 Å². The number of aromatic amines is 1. The Morgan fingerprint density at radius 2 is 2.30 bits per heavy atom. The lowest BCUT2D eigenvalue weighted by Gasteiger charge is -1.84. The molecule has 0 spiro atoms. The summed E-state index contributed by atoms with van der Waals surface area (Å²) in [6, 6.07) is 0. The summed E-state index contributed by atoms with van der Waals surface area (Å²) in [5, 5.41) is 0. The average Bonchev–Trinajstić information content (AvgIpc) is 2.64. The number of hydrogen-bond acceptors (Lipinski definition) is 1. The van der Waals surface area contributed by atoms with Crippen LogP contribution in [0, 0.1) is 10.6 Å². The number of H-pyrrole nitrogens is 1. The standard InChI is InChI=1S/C7H9IN2/c1-4-6(8)10-7(9-4)5-2-3-5/h5H,2-3H2,1H3,(H,9,10). The monoisotopic (exact) mass is 248 g/mol. The number of halogens is 1. The Labute approximate surface area is 73.6 Å². The molecule has 0 aromatic carbocycles. The topological polar surface area (TPSA) is 28.7 Å². The van der Waals surface area contributed by atoms with Crippen molar-refractivity contribution in [2.45, 2.75) is 25.7 Å². The summed E-state index contributed by atoms with van der Waals surface area (Å²) in [5.41, 5.74) is 1.21. The summed E-state index contributed by atoms with van der Waals surface area (Å²) in [7, 11) is 0. The first kappa shape index (κ1) is 6.64. The van der Waals surface area contributed by atoms with E-state index in [-0.39, 0.29) is 0 Å². The summed E-state index contributed by atoms with van der Waals surface area (Å²) < 4.78 is 1.12. The van der Waals surface area contributed by atoms with Gasteiger partial charge in [-0.25, -0.2) is 4.98 Å². The molecule has 1 heterocycles. The normalized spacial score (nSPS) is 17.8. The molecule has 1 fully saturated rings. The molecule has 0 amide bonds. The number of nitrogens with one attached hydrogen (secondary N) is 1. The third-order valence-electron chi connectivity index (χ3n) is 1.81. The predicted octanol–water partition coefficient (Wildman–Crippen LogP) is 2.20. The van der Waals surface area contributed by atoms with E-state index in [1.54, 1.807) is 0 Å². The molecule has 1 aliphatic rings. The lowest BCUT2D eigenvalue weighted by molar-refractivity contribution is 0.966. The maximum Gasteiger partial charge on any atom is 0.122 e. The summed E-state index contributed by atoms with van der Waals surface area (Å²) in [6.07, 6.45) is 2.64. The zero-order valence-corrected chi connectivity index (χ0v) is 7.97. The molecule has 3 heteroatoms. The van der Waals surface area contributed by atoms with Crippen molar-refractivity contribution < 1.29 is 0 Å². The molecule has 0 aliphatic heterocycles. The second-order valence-electron chi connectivity index (χ2n) is 2.81. The third kappa shape index (κ3) is 1.07. The van der Waals surface area contributed by atoms with E-state index in [1.165, 1.54) is 24.4 Å². The van der Waals surface area contributed by atoms with Crippen LogP contribution in [0.1, 0.15) is 30.3 Å². The molecule has 1 aromatic heterocycles. The van der Waals surface area contributed by atoms with Crippen molar-refractivity contribution in [3.8, 4) is 0 Å². The van der Waals surface area contributed by atoms with Gasteiger partial charge in [0.05, 0.1) is 0 Å². The van der Waals surface area contributed by atoms with Gasteiger partial charge in [0.1, 0.15) is 9.53 Å². The molecule has 1 saturated carbocycles. The van der Waals surface area contributed by atoms with E-state index in [1.807, 2.05) is 0 Å². The van der Waals surface area contributed by atoms with E-state index < -0.39 is 0 Å². The van der Waals surface area contributed by atoms with Gasteiger partial charge in [0.15, 0.2) is 0 Å². The highest BCUT2D eigenvalue weighted by Crippen LogP contribution is 2.38. The molecule has 10 heavy (non-hydrogen) atoms. The van der Waals surface area contributed by atoms with Gasteiger partial charge in [-0.3, -0.25) is 0 Å². The Balaban J connectivity index is 2.34. The van der Waals surface area contributed by atoms with Crippen molar-refractivity contribution >= 4 is 22.6 Å². The number of nitrogens with zero attached hydrogens (tertiary/aromatic N) is 1. The van der Waals surface area contributed by atoms with Crippen LogP contribution in [0.4, 0.5) is 0 Å². The van der Waals surface area contributed by atoms with Crippen LogP contribution in [0.2, 0.25) is 0 Å². The summed E-state index contributed by atoms with van der Waals surface area (Å²) in [4.78, 5) is 7.69. The fraction of sp³-hybridized carbons (Fsp3) is 0.571. The van der Waals surface area contributed by atoms with Gasteiger partial charge in [-0.1, -0.05) is 0 Å². The van der Waals surface area contributed by atoms with E-state index in [4.69, 9.17) is 0 Å². The molecule has 0 unspecified atom stereocenters. The van der Waals surface area contributed by atoms with Gasteiger partial charge < -0.3 is 4.98 Å². The first-order valence-corrected chi connectivity index (χ1v) is 4.57. The molecule has 2 nitrogen and oxygen atoms in total. The summed E-state index contributed by atoms with van der Waals surface area (Å²) in [6.45, 7) is 2.07. The van der Waals surface area contributed by atoms with Gasteiger partial charge >= 0.3 is 0 Å². The number of hydrogen-bond donors (Lipinski definition) is 1. The molecular formula is C7H9IN2. The van der Waals surface area contributed by atoms with Gasteiger partial charge in [-0.15, -0.1) is 0 Å². The Bertz CT molecular complexity index is 231. The van der Waals surface area contributed by atoms with E-state index >= 15 is 0 Å². The highest BCUT2D eigenvalue weighted by atomic mass is 127. The lowest BCUT2D eigenvalue weighted by Crippen LogP contribution is -1.80. The van der Waals surface area contributed by atoms with Crippen molar-refractivity contribution in [2.24, 2.45) is 0 Å². The van der Waals surface area contributed by atoms with E-state index in [2.05, 4.69) is 39.5 Å². The molecular weight excluding hydrogens is 239 g/mol. The Morgan fingerprint density at radius 3 is 2.70 bits per heavy atom. The van der Waals surface area contributed by atoms with Gasteiger partial charge in [0.2, 0.25) is 0 Å². The largest absolute Gasteiger partial charge is 0.345 e. The van der Waals surface area contributed by atoms with Crippen LogP contribution >= 0.6 is 22.6 Å². The van der Waals surface area contributed by atoms with Crippen LogP contribution in [-0.2, 0) is 0 Å². The van der Waals surface area contributed by atoms with Crippen LogP contribution in [0.5, 0.6) is 0 Å². The van der Waals surface area contributed by atoms with Crippen molar-refractivity contribution in [1.82, 2.24) is 9.97 Å². The second-order valence-corrected chi connectivity index (χ2v) is 3.83. The van der Waals surface area contributed by atoms with E-state index in [0.717, 1.165) is 9.62 Å². The van der Waals surface area contributed by atoms with Gasteiger partial charge in [0.25, 0.3) is 0 Å². The summed E-state index contributed by atoms with van der Waals surface area (Å²) >= 11 is 2.26. The molecule has 1 N–H and O–H groups in total. The van der Waals surface area contributed by atoms with Gasteiger partial charge in [-0.05, 0) is 42.4 Å². The maximum absolute atomic E-state index is 4.40. The first-order valence-electron chi connectivity index (χ1n) is 3.49. The van der Waals surface area contributed by atoms with Crippen LogP contribution < -0.4 is 0 Å². The number of imidazole rings is 1. The molecule has 1 aliphatic carbocycles.